The molecule has 202 valence electrons. The Morgan fingerprint density at radius 3 is 2.56 bits per heavy atom. The van der Waals surface area contributed by atoms with Gasteiger partial charge in [-0.05, 0) is 43.4 Å². The van der Waals surface area contributed by atoms with Crippen molar-refractivity contribution in [1.82, 2.24) is 14.9 Å². The average Bonchev–Trinajstić information content (AvgIpc) is 3.45. The Bertz CT molecular complexity index is 1570. The van der Waals surface area contributed by atoms with Gasteiger partial charge < -0.3 is 20.1 Å². The van der Waals surface area contributed by atoms with E-state index in [0.29, 0.717) is 17.6 Å². The van der Waals surface area contributed by atoms with Gasteiger partial charge in [0.1, 0.15) is 0 Å². The molecule has 2 heterocycles. The van der Waals surface area contributed by atoms with Gasteiger partial charge in [0.05, 0.1) is 21.7 Å². The van der Waals surface area contributed by atoms with Gasteiger partial charge in [-0.2, -0.15) is 0 Å². The van der Waals surface area contributed by atoms with Crippen molar-refractivity contribution in [3.05, 3.63) is 88.2 Å². The van der Waals surface area contributed by atoms with Crippen molar-refractivity contribution in [2.24, 2.45) is 0 Å². The molecular formula is C28H27ClFN5O4. The van der Waals surface area contributed by atoms with Crippen LogP contribution in [0, 0.1) is 5.82 Å². The van der Waals surface area contributed by atoms with Gasteiger partial charge in [-0.15, -0.1) is 0 Å². The summed E-state index contributed by atoms with van der Waals surface area (Å²) in [5.41, 5.74) is -0.621. The van der Waals surface area contributed by atoms with Gasteiger partial charge in [-0.1, -0.05) is 55.8 Å². The summed E-state index contributed by atoms with van der Waals surface area (Å²) < 4.78 is 15.2. The van der Waals surface area contributed by atoms with Crippen LogP contribution in [0.2, 0.25) is 5.02 Å². The molecule has 0 spiro atoms. The van der Waals surface area contributed by atoms with E-state index in [1.165, 1.54) is 18.2 Å². The minimum absolute atomic E-state index is 0.134. The number of imidazole rings is 1. The summed E-state index contributed by atoms with van der Waals surface area (Å²) in [6.07, 6.45) is -1.15. The first-order valence-electron chi connectivity index (χ1n) is 12.5. The maximum Gasteiger partial charge on any atom is 0.414 e. The maximum absolute atomic E-state index is 15.2. The molecule has 5 rings (SSSR count). The number of carbonyl (C=O) groups is 2. The summed E-state index contributed by atoms with van der Waals surface area (Å²) in [6.45, 7) is 6.32. The number of nitrogens with zero attached hydrogens (tertiary/aromatic N) is 4. The first-order valence-corrected chi connectivity index (χ1v) is 12.9. The van der Waals surface area contributed by atoms with E-state index in [2.05, 4.69) is 14.9 Å². The molecule has 0 bridgehead atoms. The largest absolute Gasteiger partial charge is 0.465 e. The Kier molecular flexibility index (Phi) is 7.02. The van der Waals surface area contributed by atoms with E-state index >= 15 is 4.39 Å². The number of carboxylic acid groups (broad SMARTS) is 1. The number of rotatable bonds is 8. The first kappa shape index (κ1) is 26.6. The molecule has 2 amide bonds. The van der Waals surface area contributed by atoms with E-state index in [1.54, 1.807) is 42.5 Å². The Morgan fingerprint density at radius 2 is 1.85 bits per heavy atom. The molecule has 1 aliphatic rings. The standard InChI is InChI=1S/C28H27ClFN5O4/c1-3-33(4-2)14-15-34(27(37)38)26-31-21-13-12-17(16-22(21)32-26)28(39)19-9-6-5-8-18(19)25(36)35(28)23-11-7-10-20(29)24(23)30/h5-13,16,39H,3-4,14-15H2,1-2H3,(H,31,32)(H,37,38). The molecule has 9 nitrogen and oxygen atoms in total. The van der Waals surface area contributed by atoms with E-state index in [4.69, 9.17) is 11.6 Å². The highest BCUT2D eigenvalue weighted by atomic mass is 35.5. The van der Waals surface area contributed by atoms with Crippen molar-refractivity contribution in [2.75, 3.05) is 36.0 Å². The Hall–Kier alpha value is -3.99. The molecule has 1 aliphatic heterocycles. The number of likely N-dealkylation sites (N-methyl/N-ethyl adjacent to an activating group) is 1. The highest BCUT2D eigenvalue weighted by Crippen LogP contribution is 2.46. The second-order valence-corrected chi connectivity index (χ2v) is 9.59. The number of aromatic amines is 1. The predicted octanol–water partition coefficient (Wildman–Crippen LogP) is 5.04. The second kappa shape index (κ2) is 10.3. The fraction of sp³-hybridized carbons (Fsp3) is 0.250. The summed E-state index contributed by atoms with van der Waals surface area (Å²) in [4.78, 5) is 37.3. The number of halogens is 2. The third kappa shape index (κ3) is 4.40. The second-order valence-electron chi connectivity index (χ2n) is 9.18. The van der Waals surface area contributed by atoms with E-state index in [9.17, 15) is 19.8 Å². The molecule has 0 radical (unpaired) electrons. The number of amides is 2. The van der Waals surface area contributed by atoms with Crippen LogP contribution in [0.15, 0.2) is 60.7 Å². The molecule has 1 unspecified atom stereocenters. The minimum atomic E-state index is -2.08. The summed E-state index contributed by atoms with van der Waals surface area (Å²) in [5, 5.41) is 21.9. The highest BCUT2D eigenvalue weighted by molar-refractivity contribution is 6.31. The van der Waals surface area contributed by atoms with Crippen LogP contribution in [-0.2, 0) is 5.72 Å². The molecule has 4 aromatic rings. The van der Waals surface area contributed by atoms with Crippen molar-refractivity contribution in [3.8, 4) is 0 Å². The van der Waals surface area contributed by atoms with Gasteiger partial charge in [0.2, 0.25) is 5.95 Å². The highest BCUT2D eigenvalue weighted by Gasteiger charge is 2.51. The third-order valence-electron chi connectivity index (χ3n) is 7.13. The molecular weight excluding hydrogens is 525 g/mol. The minimum Gasteiger partial charge on any atom is -0.465 e. The van der Waals surface area contributed by atoms with Crippen LogP contribution in [0.4, 0.5) is 20.8 Å². The van der Waals surface area contributed by atoms with Gasteiger partial charge in [0.25, 0.3) is 5.91 Å². The molecule has 0 saturated carbocycles. The van der Waals surface area contributed by atoms with Crippen molar-refractivity contribution in [2.45, 2.75) is 19.6 Å². The van der Waals surface area contributed by atoms with Gasteiger partial charge in [-0.3, -0.25) is 9.69 Å². The number of aliphatic hydroxyl groups is 1. The van der Waals surface area contributed by atoms with E-state index in [1.807, 2.05) is 13.8 Å². The van der Waals surface area contributed by atoms with Gasteiger partial charge in [-0.25, -0.2) is 19.1 Å². The van der Waals surface area contributed by atoms with Gasteiger partial charge >= 0.3 is 6.09 Å². The predicted molar refractivity (Wildman–Crippen MR) is 147 cm³/mol. The number of hydrogen-bond donors (Lipinski definition) is 3. The maximum atomic E-state index is 15.2. The molecule has 39 heavy (non-hydrogen) atoms. The summed E-state index contributed by atoms with van der Waals surface area (Å²) in [5.74, 6) is -1.30. The number of nitrogens with one attached hydrogen (secondary N) is 1. The Morgan fingerprint density at radius 1 is 1.10 bits per heavy atom. The van der Waals surface area contributed by atoms with E-state index in [0.717, 1.165) is 22.9 Å². The summed E-state index contributed by atoms with van der Waals surface area (Å²) in [6, 6.07) is 15.5. The number of fused-ring (bicyclic) bond motifs is 2. The zero-order chi connectivity index (χ0) is 27.9. The topological polar surface area (TPSA) is 113 Å². The lowest BCUT2D eigenvalue weighted by molar-refractivity contribution is 0.0699. The molecule has 3 aromatic carbocycles. The lowest BCUT2D eigenvalue weighted by atomic mass is 9.93. The number of H-pyrrole nitrogens is 1. The van der Waals surface area contributed by atoms with Crippen molar-refractivity contribution in [3.63, 3.8) is 0 Å². The fourth-order valence-corrected chi connectivity index (χ4v) is 5.17. The van der Waals surface area contributed by atoms with Crippen LogP contribution in [-0.4, -0.2) is 63.3 Å². The van der Waals surface area contributed by atoms with Crippen molar-refractivity contribution in [1.29, 1.82) is 0 Å². The lowest BCUT2D eigenvalue weighted by Crippen LogP contribution is -2.45. The molecule has 3 N–H and O–H groups in total. The van der Waals surface area contributed by atoms with E-state index < -0.39 is 23.5 Å². The Labute approximate surface area is 229 Å². The SMILES string of the molecule is CCN(CC)CCN(C(=O)O)c1nc2cc(C3(O)c4ccccc4C(=O)N3c3cccc(Cl)c3F)ccc2[nH]1. The van der Waals surface area contributed by atoms with Crippen LogP contribution in [0.3, 0.4) is 0 Å². The van der Waals surface area contributed by atoms with Crippen LogP contribution in [0.25, 0.3) is 11.0 Å². The molecule has 0 fully saturated rings. The quantitative estimate of drug-likeness (QED) is 0.283. The van der Waals surface area contributed by atoms with Crippen molar-refractivity contribution < 1.29 is 24.2 Å². The molecule has 1 atom stereocenters. The van der Waals surface area contributed by atoms with Gasteiger partial charge in [0.15, 0.2) is 11.5 Å². The number of carbonyl (C=O) groups excluding carboxylic acids is 1. The number of benzene rings is 3. The first-order chi connectivity index (χ1) is 18.7. The zero-order valence-corrected chi connectivity index (χ0v) is 22.1. The molecule has 1 aromatic heterocycles. The van der Waals surface area contributed by atoms with E-state index in [-0.39, 0.29) is 39.9 Å². The molecule has 0 aliphatic carbocycles. The van der Waals surface area contributed by atoms with Crippen LogP contribution >= 0.6 is 11.6 Å². The smallest absolute Gasteiger partial charge is 0.414 e. The summed E-state index contributed by atoms with van der Waals surface area (Å²) >= 11 is 6.03. The zero-order valence-electron chi connectivity index (χ0n) is 21.4. The third-order valence-corrected chi connectivity index (χ3v) is 7.42. The fourth-order valence-electron chi connectivity index (χ4n) is 5.01. The van der Waals surface area contributed by atoms with Crippen LogP contribution in [0.5, 0.6) is 0 Å². The van der Waals surface area contributed by atoms with Crippen molar-refractivity contribution >= 4 is 46.3 Å². The Balaban J connectivity index is 1.61. The lowest BCUT2D eigenvalue weighted by Gasteiger charge is -2.35. The number of aromatic nitrogens is 2. The number of hydrogen-bond acceptors (Lipinski definition) is 5. The monoisotopic (exact) mass is 551 g/mol. The van der Waals surface area contributed by atoms with Crippen LogP contribution < -0.4 is 9.80 Å². The van der Waals surface area contributed by atoms with Crippen LogP contribution in [0.1, 0.15) is 35.3 Å². The molecule has 11 heteroatoms. The van der Waals surface area contributed by atoms with Gasteiger partial charge in [0, 0.05) is 29.8 Å². The number of anilines is 2. The average molecular weight is 552 g/mol. The summed E-state index contributed by atoms with van der Waals surface area (Å²) in [7, 11) is 0. The normalized spacial score (nSPS) is 16.8. The molecule has 0 saturated heterocycles.